The molecule has 5 rings (SSSR count). The molecule has 1 aromatic carbocycles. The van der Waals surface area contributed by atoms with Gasteiger partial charge in [0.15, 0.2) is 0 Å². The first kappa shape index (κ1) is 22.5. The lowest BCUT2D eigenvalue weighted by atomic mass is 9.84. The molecule has 1 fully saturated rings. The Bertz CT molecular complexity index is 1320. The van der Waals surface area contributed by atoms with Gasteiger partial charge < -0.3 is 15.2 Å². The van der Waals surface area contributed by atoms with Crippen LogP contribution in [0.25, 0.3) is 27.7 Å². The largest absolute Gasteiger partial charge is 0.479 e. The molecule has 0 radical (unpaired) electrons. The van der Waals surface area contributed by atoms with Gasteiger partial charge in [0, 0.05) is 17.8 Å². The number of alkyl halides is 2. The maximum atomic E-state index is 13.3. The number of benzene rings is 1. The zero-order valence-corrected chi connectivity index (χ0v) is 19.2. The number of nitrogens with one attached hydrogen (secondary N) is 1. The highest BCUT2D eigenvalue weighted by molar-refractivity contribution is 5.89. The quantitative estimate of drug-likeness (QED) is 0.437. The SMILES string of the molecule is COc1nc(NC2CCC(C)(O)CC2)nn2ccc(-c3ccc4nnn([C@H](C)C(F)F)c4c3)c12. The molecule has 0 spiro atoms. The molecule has 9 nitrogen and oxygen atoms in total. The van der Waals surface area contributed by atoms with Crippen molar-refractivity contribution in [3.05, 3.63) is 30.5 Å². The van der Waals surface area contributed by atoms with Gasteiger partial charge in [0.05, 0.1) is 18.2 Å². The van der Waals surface area contributed by atoms with E-state index < -0.39 is 18.1 Å². The number of hydrogen-bond donors (Lipinski definition) is 2. The van der Waals surface area contributed by atoms with E-state index in [2.05, 4.69) is 25.7 Å². The van der Waals surface area contributed by atoms with E-state index in [1.54, 1.807) is 23.8 Å². The molecule has 1 aliphatic carbocycles. The van der Waals surface area contributed by atoms with Gasteiger partial charge in [0.25, 0.3) is 6.43 Å². The monoisotopic (exact) mass is 471 g/mol. The van der Waals surface area contributed by atoms with Crippen LogP contribution in [-0.4, -0.2) is 59.9 Å². The second kappa shape index (κ2) is 8.46. The highest BCUT2D eigenvalue weighted by Gasteiger charge is 2.29. The van der Waals surface area contributed by atoms with Crippen molar-refractivity contribution in [2.24, 2.45) is 0 Å². The third kappa shape index (κ3) is 4.04. The lowest BCUT2D eigenvalue weighted by molar-refractivity contribution is 0.0195. The van der Waals surface area contributed by atoms with E-state index in [-0.39, 0.29) is 6.04 Å². The van der Waals surface area contributed by atoms with E-state index in [9.17, 15) is 13.9 Å². The van der Waals surface area contributed by atoms with Crippen LogP contribution in [0.1, 0.15) is 45.6 Å². The van der Waals surface area contributed by atoms with Gasteiger partial charge in [0.1, 0.15) is 17.1 Å². The number of aliphatic hydroxyl groups is 1. The summed E-state index contributed by atoms with van der Waals surface area (Å²) in [5.41, 5.74) is 2.71. The van der Waals surface area contributed by atoms with Crippen molar-refractivity contribution in [2.75, 3.05) is 12.4 Å². The molecule has 180 valence electrons. The van der Waals surface area contributed by atoms with Crippen molar-refractivity contribution in [3.8, 4) is 17.0 Å². The molecular weight excluding hydrogens is 444 g/mol. The number of hydrogen-bond acceptors (Lipinski definition) is 7. The first-order chi connectivity index (χ1) is 16.3. The molecule has 4 aromatic rings. The number of fused-ring (bicyclic) bond motifs is 2. The Morgan fingerprint density at radius 3 is 2.71 bits per heavy atom. The lowest BCUT2D eigenvalue weighted by Gasteiger charge is -2.33. The molecule has 11 heteroatoms. The first-order valence-corrected chi connectivity index (χ1v) is 11.3. The average Bonchev–Trinajstić information content (AvgIpc) is 3.43. The Kier molecular flexibility index (Phi) is 5.59. The van der Waals surface area contributed by atoms with Gasteiger partial charge in [-0.1, -0.05) is 11.3 Å². The van der Waals surface area contributed by atoms with Gasteiger partial charge in [-0.3, -0.25) is 0 Å². The lowest BCUT2D eigenvalue weighted by Crippen LogP contribution is -2.36. The Balaban J connectivity index is 1.50. The number of nitrogens with zero attached hydrogens (tertiary/aromatic N) is 6. The second-order valence-electron chi connectivity index (χ2n) is 9.20. The van der Waals surface area contributed by atoms with Crippen LogP contribution in [0, 0.1) is 0 Å². The molecule has 0 aliphatic heterocycles. The third-order valence-corrected chi connectivity index (χ3v) is 6.60. The summed E-state index contributed by atoms with van der Waals surface area (Å²) in [5.74, 6) is 0.842. The molecule has 3 heterocycles. The summed E-state index contributed by atoms with van der Waals surface area (Å²) >= 11 is 0. The Labute approximate surface area is 194 Å². The number of methoxy groups -OCH3 is 1. The van der Waals surface area contributed by atoms with Gasteiger partial charge in [-0.15, -0.1) is 10.2 Å². The highest BCUT2D eigenvalue weighted by atomic mass is 19.3. The summed E-state index contributed by atoms with van der Waals surface area (Å²) in [4.78, 5) is 4.57. The van der Waals surface area contributed by atoms with E-state index in [4.69, 9.17) is 4.74 Å². The molecule has 1 saturated carbocycles. The molecule has 0 saturated heterocycles. The summed E-state index contributed by atoms with van der Waals surface area (Å²) in [6, 6.07) is 6.38. The summed E-state index contributed by atoms with van der Waals surface area (Å²) in [6.45, 7) is 3.28. The number of anilines is 1. The van der Waals surface area contributed by atoms with Gasteiger partial charge in [-0.2, -0.15) is 4.98 Å². The molecule has 3 aromatic heterocycles. The van der Waals surface area contributed by atoms with Crippen molar-refractivity contribution < 1.29 is 18.6 Å². The standard InChI is InChI=1S/C23H27F2N7O2/c1-13(20(24)25)32-18-12-14(4-5-17(18)28-30-32)16-8-11-31-19(16)21(34-3)27-22(29-31)26-15-6-9-23(2,33)10-7-15/h4-5,8,11-13,15,20,33H,6-7,9-10H2,1-3H3,(H,26,29)/t13-,15?,23?/m1/s1. The van der Waals surface area contributed by atoms with Gasteiger partial charge >= 0.3 is 0 Å². The van der Waals surface area contributed by atoms with Crippen LogP contribution in [0.4, 0.5) is 14.7 Å². The maximum Gasteiger partial charge on any atom is 0.260 e. The topological polar surface area (TPSA) is 102 Å². The Morgan fingerprint density at radius 2 is 2.00 bits per heavy atom. The molecule has 0 bridgehead atoms. The minimum absolute atomic E-state index is 0.171. The van der Waals surface area contributed by atoms with E-state index in [1.807, 2.05) is 25.3 Å². The highest BCUT2D eigenvalue weighted by Crippen LogP contribution is 2.34. The normalized spacial score (nSPS) is 21.9. The first-order valence-electron chi connectivity index (χ1n) is 11.3. The van der Waals surface area contributed by atoms with Crippen molar-refractivity contribution in [1.29, 1.82) is 0 Å². The molecular formula is C23H27F2N7O2. The molecule has 1 atom stereocenters. The summed E-state index contributed by atoms with van der Waals surface area (Å²) in [5, 5.41) is 26.1. The maximum absolute atomic E-state index is 13.3. The zero-order valence-electron chi connectivity index (χ0n) is 19.2. The minimum atomic E-state index is -2.56. The summed E-state index contributed by atoms with van der Waals surface area (Å²) in [7, 11) is 1.55. The van der Waals surface area contributed by atoms with E-state index in [1.165, 1.54) is 11.6 Å². The zero-order chi connectivity index (χ0) is 24.0. The van der Waals surface area contributed by atoms with Crippen LogP contribution >= 0.6 is 0 Å². The molecule has 0 amide bonds. The van der Waals surface area contributed by atoms with Crippen LogP contribution in [0.5, 0.6) is 5.88 Å². The minimum Gasteiger partial charge on any atom is -0.479 e. The average molecular weight is 472 g/mol. The summed E-state index contributed by atoms with van der Waals surface area (Å²) < 4.78 is 35.1. The Hall–Kier alpha value is -3.34. The van der Waals surface area contributed by atoms with E-state index in [0.29, 0.717) is 28.4 Å². The molecule has 2 N–H and O–H groups in total. The van der Waals surface area contributed by atoms with Gasteiger partial charge in [-0.25, -0.2) is 18.0 Å². The van der Waals surface area contributed by atoms with Crippen LogP contribution in [0.2, 0.25) is 0 Å². The third-order valence-electron chi connectivity index (χ3n) is 6.60. The van der Waals surface area contributed by atoms with Crippen LogP contribution in [0.15, 0.2) is 30.5 Å². The Morgan fingerprint density at radius 1 is 1.24 bits per heavy atom. The van der Waals surface area contributed by atoms with Gasteiger partial charge in [0.2, 0.25) is 11.8 Å². The smallest absolute Gasteiger partial charge is 0.260 e. The van der Waals surface area contributed by atoms with Crippen LogP contribution < -0.4 is 10.1 Å². The predicted molar refractivity (Wildman–Crippen MR) is 123 cm³/mol. The summed E-state index contributed by atoms with van der Waals surface area (Å²) in [6.07, 6.45) is 2.34. The fourth-order valence-corrected chi connectivity index (χ4v) is 4.51. The van der Waals surface area contributed by atoms with Crippen molar-refractivity contribution >= 4 is 22.5 Å². The van der Waals surface area contributed by atoms with Crippen molar-refractivity contribution in [1.82, 2.24) is 29.6 Å². The number of halogens is 2. The fraction of sp³-hybridized carbons (Fsp3) is 0.478. The molecule has 1 aliphatic rings. The van der Waals surface area contributed by atoms with Crippen LogP contribution in [0.3, 0.4) is 0 Å². The number of ether oxygens (including phenoxy) is 1. The van der Waals surface area contributed by atoms with E-state index in [0.717, 1.165) is 36.8 Å². The predicted octanol–water partition coefficient (Wildman–Crippen LogP) is 4.08. The number of rotatable bonds is 6. The number of aromatic nitrogens is 6. The molecule has 34 heavy (non-hydrogen) atoms. The van der Waals surface area contributed by atoms with Crippen molar-refractivity contribution in [3.63, 3.8) is 0 Å². The van der Waals surface area contributed by atoms with Crippen LogP contribution in [-0.2, 0) is 0 Å². The van der Waals surface area contributed by atoms with Gasteiger partial charge in [-0.05, 0) is 63.3 Å². The fourth-order valence-electron chi connectivity index (χ4n) is 4.51. The molecule has 0 unspecified atom stereocenters. The second-order valence-corrected chi connectivity index (χ2v) is 9.20. The van der Waals surface area contributed by atoms with E-state index >= 15 is 0 Å². The van der Waals surface area contributed by atoms with Crippen molar-refractivity contribution in [2.45, 2.75) is 63.6 Å².